The lowest BCUT2D eigenvalue weighted by Gasteiger charge is -2.16. The van der Waals surface area contributed by atoms with Crippen molar-refractivity contribution in [2.75, 3.05) is 7.11 Å². The van der Waals surface area contributed by atoms with Gasteiger partial charge >= 0.3 is 0 Å². The zero-order valence-corrected chi connectivity index (χ0v) is 11.4. The monoisotopic (exact) mass is 261 g/mol. The number of hydrogen-bond donors (Lipinski definition) is 1. The van der Waals surface area contributed by atoms with E-state index in [0.717, 1.165) is 18.4 Å². The van der Waals surface area contributed by atoms with E-state index in [4.69, 9.17) is 10.5 Å². The number of benzene rings is 1. The van der Waals surface area contributed by atoms with Crippen molar-refractivity contribution in [2.24, 2.45) is 11.7 Å². The van der Waals surface area contributed by atoms with Crippen LogP contribution < -0.4 is 10.5 Å². The van der Waals surface area contributed by atoms with Gasteiger partial charge in [0.15, 0.2) is 0 Å². The molecule has 98 valence electrons. The Morgan fingerprint density at radius 1 is 1.29 bits per heavy atom. The predicted octanol–water partition coefficient (Wildman–Crippen LogP) is 3.69. The van der Waals surface area contributed by atoms with Gasteiger partial charge in [0.2, 0.25) is 0 Å². The van der Waals surface area contributed by atoms with Crippen molar-refractivity contribution in [3.63, 3.8) is 0 Å². The zero-order valence-electron chi connectivity index (χ0n) is 10.6. The normalized spacial score (nSPS) is 12.1. The maximum atomic E-state index is 13.1. The maximum Gasteiger partial charge on any atom is 0.123 e. The highest BCUT2D eigenvalue weighted by atomic mass is 35.5. The van der Waals surface area contributed by atoms with Crippen molar-refractivity contribution in [3.05, 3.63) is 29.6 Å². The summed E-state index contributed by atoms with van der Waals surface area (Å²) in [4.78, 5) is 0. The van der Waals surface area contributed by atoms with Crippen LogP contribution in [0.25, 0.3) is 0 Å². The molecule has 1 aromatic carbocycles. The fourth-order valence-electron chi connectivity index (χ4n) is 1.66. The molecule has 0 saturated heterocycles. The minimum atomic E-state index is -0.268. The average Bonchev–Trinajstić information content (AvgIpc) is 2.25. The molecule has 0 fully saturated rings. The van der Waals surface area contributed by atoms with Crippen LogP contribution in [-0.2, 0) is 0 Å². The molecule has 0 bridgehead atoms. The van der Waals surface area contributed by atoms with Gasteiger partial charge in [0.25, 0.3) is 0 Å². The van der Waals surface area contributed by atoms with Crippen LogP contribution in [0.3, 0.4) is 0 Å². The molecule has 0 saturated carbocycles. The molecule has 2 N–H and O–H groups in total. The van der Waals surface area contributed by atoms with Crippen molar-refractivity contribution in [3.8, 4) is 5.75 Å². The van der Waals surface area contributed by atoms with Gasteiger partial charge in [-0.05, 0) is 37.0 Å². The van der Waals surface area contributed by atoms with Crippen LogP contribution in [0, 0.1) is 11.7 Å². The van der Waals surface area contributed by atoms with Gasteiger partial charge in [0.05, 0.1) is 7.11 Å². The van der Waals surface area contributed by atoms with Gasteiger partial charge in [-0.2, -0.15) is 0 Å². The van der Waals surface area contributed by atoms with Crippen molar-refractivity contribution < 1.29 is 9.13 Å². The summed E-state index contributed by atoms with van der Waals surface area (Å²) < 4.78 is 18.3. The lowest BCUT2D eigenvalue weighted by Crippen LogP contribution is -2.12. The fraction of sp³-hybridized carbons (Fsp3) is 0.538. The minimum absolute atomic E-state index is 0. The Morgan fingerprint density at radius 3 is 2.47 bits per heavy atom. The van der Waals surface area contributed by atoms with Gasteiger partial charge in [0.1, 0.15) is 11.6 Å². The summed E-state index contributed by atoms with van der Waals surface area (Å²) in [5, 5.41) is 0. The van der Waals surface area contributed by atoms with Crippen LogP contribution in [0.15, 0.2) is 18.2 Å². The second-order valence-corrected chi connectivity index (χ2v) is 4.46. The van der Waals surface area contributed by atoms with E-state index in [2.05, 4.69) is 13.8 Å². The minimum Gasteiger partial charge on any atom is -0.496 e. The molecular formula is C13H21ClFNO. The van der Waals surface area contributed by atoms with E-state index < -0.39 is 0 Å². The highest BCUT2D eigenvalue weighted by molar-refractivity contribution is 5.85. The third-order valence-corrected chi connectivity index (χ3v) is 2.65. The molecule has 0 amide bonds. The van der Waals surface area contributed by atoms with E-state index in [-0.39, 0.29) is 24.3 Å². The first-order valence-electron chi connectivity index (χ1n) is 5.63. The van der Waals surface area contributed by atoms with Crippen LogP contribution in [0.2, 0.25) is 0 Å². The highest BCUT2D eigenvalue weighted by Gasteiger charge is 2.13. The number of halogens is 2. The molecule has 2 nitrogen and oxygen atoms in total. The molecule has 1 rings (SSSR count). The first-order valence-corrected chi connectivity index (χ1v) is 5.63. The molecule has 0 aliphatic heterocycles. The second-order valence-electron chi connectivity index (χ2n) is 4.46. The Bertz CT molecular complexity index is 344. The summed E-state index contributed by atoms with van der Waals surface area (Å²) in [6, 6.07) is 4.31. The summed E-state index contributed by atoms with van der Waals surface area (Å²) in [5.74, 6) is 0.999. The quantitative estimate of drug-likeness (QED) is 0.877. The lowest BCUT2D eigenvalue weighted by molar-refractivity contribution is 0.399. The third-order valence-electron chi connectivity index (χ3n) is 2.65. The summed E-state index contributed by atoms with van der Waals surface area (Å²) in [7, 11) is 1.58. The van der Waals surface area contributed by atoms with Gasteiger partial charge < -0.3 is 10.5 Å². The molecule has 1 atom stereocenters. The highest BCUT2D eigenvalue weighted by Crippen LogP contribution is 2.28. The van der Waals surface area contributed by atoms with E-state index in [1.54, 1.807) is 13.2 Å². The molecular weight excluding hydrogens is 241 g/mol. The molecule has 1 aromatic rings. The van der Waals surface area contributed by atoms with Crippen LogP contribution in [0.1, 0.15) is 38.3 Å². The van der Waals surface area contributed by atoms with Crippen molar-refractivity contribution in [1.29, 1.82) is 0 Å². The number of hydrogen-bond acceptors (Lipinski definition) is 2. The molecule has 17 heavy (non-hydrogen) atoms. The predicted molar refractivity (Wildman–Crippen MR) is 71.2 cm³/mol. The summed E-state index contributed by atoms with van der Waals surface area (Å²) in [5.41, 5.74) is 6.79. The first-order chi connectivity index (χ1) is 7.54. The standard InChI is InChI=1S/C13H20FNO.ClH/c1-9(2)4-6-12(15)11-8-10(14)5-7-13(11)16-3;/h5,7-9,12H,4,6,15H2,1-3H3;1H/t12-;/m0./s1. The Labute approximate surface area is 109 Å². The lowest BCUT2D eigenvalue weighted by atomic mass is 9.97. The summed E-state index contributed by atoms with van der Waals surface area (Å²) in [6.07, 6.45) is 1.87. The van der Waals surface area contributed by atoms with Crippen molar-refractivity contribution in [1.82, 2.24) is 0 Å². The van der Waals surface area contributed by atoms with E-state index in [1.807, 2.05) is 0 Å². The first kappa shape index (κ1) is 16.2. The van der Waals surface area contributed by atoms with E-state index in [0.29, 0.717) is 11.7 Å². The summed E-state index contributed by atoms with van der Waals surface area (Å²) in [6.45, 7) is 4.30. The number of methoxy groups -OCH3 is 1. The maximum absolute atomic E-state index is 13.1. The van der Waals surface area contributed by atoms with Gasteiger partial charge in [0, 0.05) is 11.6 Å². The van der Waals surface area contributed by atoms with E-state index in [1.165, 1.54) is 12.1 Å². The van der Waals surface area contributed by atoms with E-state index >= 15 is 0 Å². The van der Waals surface area contributed by atoms with Gasteiger partial charge in [-0.3, -0.25) is 0 Å². The van der Waals surface area contributed by atoms with Gasteiger partial charge in [-0.1, -0.05) is 13.8 Å². The van der Waals surface area contributed by atoms with Crippen LogP contribution >= 0.6 is 12.4 Å². The fourth-order valence-corrected chi connectivity index (χ4v) is 1.66. The van der Waals surface area contributed by atoms with Crippen LogP contribution in [0.5, 0.6) is 5.75 Å². The number of nitrogens with two attached hydrogens (primary N) is 1. The Kier molecular flexibility index (Phi) is 7.16. The summed E-state index contributed by atoms with van der Waals surface area (Å²) >= 11 is 0. The number of ether oxygens (including phenoxy) is 1. The molecule has 4 heteroatoms. The average molecular weight is 262 g/mol. The molecule has 0 aliphatic carbocycles. The smallest absolute Gasteiger partial charge is 0.123 e. The molecule has 0 aromatic heterocycles. The molecule has 0 heterocycles. The van der Waals surface area contributed by atoms with Gasteiger partial charge in [-0.25, -0.2) is 4.39 Å². The van der Waals surface area contributed by atoms with Crippen molar-refractivity contribution in [2.45, 2.75) is 32.7 Å². The Hall–Kier alpha value is -0.800. The second kappa shape index (κ2) is 7.51. The van der Waals surface area contributed by atoms with E-state index in [9.17, 15) is 4.39 Å². The molecule has 0 aliphatic rings. The Balaban J connectivity index is 0.00000256. The molecule has 0 radical (unpaired) electrons. The number of rotatable bonds is 5. The molecule has 0 unspecified atom stereocenters. The third kappa shape index (κ3) is 4.92. The van der Waals surface area contributed by atoms with Crippen molar-refractivity contribution >= 4 is 12.4 Å². The molecule has 0 spiro atoms. The SMILES string of the molecule is COc1ccc(F)cc1[C@@H](N)CCC(C)C.Cl. The zero-order chi connectivity index (χ0) is 12.1. The largest absolute Gasteiger partial charge is 0.496 e. The Morgan fingerprint density at radius 2 is 1.94 bits per heavy atom. The van der Waals surface area contributed by atoms with Crippen LogP contribution in [-0.4, -0.2) is 7.11 Å². The van der Waals surface area contributed by atoms with Crippen LogP contribution in [0.4, 0.5) is 4.39 Å². The topological polar surface area (TPSA) is 35.2 Å². The van der Waals surface area contributed by atoms with Gasteiger partial charge in [-0.15, -0.1) is 12.4 Å².